The van der Waals surface area contributed by atoms with Gasteiger partial charge in [0.15, 0.2) is 6.10 Å². The molecule has 1 unspecified atom stereocenters. The van der Waals surface area contributed by atoms with Crippen LogP contribution in [0.2, 0.25) is 0 Å². The van der Waals surface area contributed by atoms with Crippen LogP contribution in [0.4, 0.5) is 0 Å². The molecule has 2 aromatic carbocycles. The van der Waals surface area contributed by atoms with Crippen LogP contribution >= 0.6 is 0 Å². The minimum atomic E-state index is -0.197. The third kappa shape index (κ3) is 4.87. The molecular weight excluding hydrogens is 378 g/mol. The summed E-state index contributed by atoms with van der Waals surface area (Å²) < 4.78 is 0. The van der Waals surface area contributed by atoms with Crippen LogP contribution in [0.5, 0.6) is 0 Å². The van der Waals surface area contributed by atoms with Gasteiger partial charge in [0.25, 0.3) is 5.91 Å². The van der Waals surface area contributed by atoms with E-state index in [4.69, 9.17) is 4.84 Å². The number of nitrogens with zero attached hydrogens (tertiary/aromatic N) is 3. The number of carbonyl (C=O) groups excluding carboxylic acids is 2. The number of hydrogen-bond acceptors (Lipinski definition) is 4. The SMILES string of the molecule is O=C(CCCc1ccccc1)N1CCN(C(=O)C2=NOC(c3ccccc3)C2)CC1. The van der Waals surface area contributed by atoms with Gasteiger partial charge in [0.05, 0.1) is 0 Å². The first-order chi connectivity index (χ1) is 14.7. The van der Waals surface area contributed by atoms with Crippen LogP contribution < -0.4 is 0 Å². The van der Waals surface area contributed by atoms with Crippen molar-refractivity contribution < 1.29 is 14.4 Å². The Morgan fingerprint density at radius 3 is 2.23 bits per heavy atom. The third-order valence-corrected chi connectivity index (χ3v) is 5.71. The number of rotatable bonds is 6. The monoisotopic (exact) mass is 405 g/mol. The zero-order valence-corrected chi connectivity index (χ0v) is 17.1. The van der Waals surface area contributed by atoms with Crippen molar-refractivity contribution >= 4 is 17.5 Å². The van der Waals surface area contributed by atoms with Gasteiger partial charge in [-0.3, -0.25) is 9.59 Å². The van der Waals surface area contributed by atoms with E-state index in [2.05, 4.69) is 17.3 Å². The largest absolute Gasteiger partial charge is 0.387 e. The molecule has 0 spiro atoms. The summed E-state index contributed by atoms with van der Waals surface area (Å²) in [5.74, 6) is 0.0910. The fourth-order valence-corrected chi connectivity index (χ4v) is 3.94. The summed E-state index contributed by atoms with van der Waals surface area (Å²) in [5.41, 5.74) is 2.75. The smallest absolute Gasteiger partial charge is 0.271 e. The molecular formula is C24H27N3O3. The lowest BCUT2D eigenvalue weighted by molar-refractivity contribution is -0.136. The lowest BCUT2D eigenvalue weighted by atomic mass is 10.0. The average molecular weight is 405 g/mol. The van der Waals surface area contributed by atoms with Gasteiger partial charge in [-0.05, 0) is 24.0 Å². The predicted octanol–water partition coefficient (Wildman–Crippen LogP) is 3.20. The number of benzene rings is 2. The summed E-state index contributed by atoms with van der Waals surface area (Å²) in [6.07, 6.45) is 2.59. The molecule has 1 fully saturated rings. The number of amides is 2. The fraction of sp³-hybridized carbons (Fsp3) is 0.375. The van der Waals surface area contributed by atoms with Gasteiger partial charge in [0.2, 0.25) is 5.91 Å². The molecule has 1 saturated heterocycles. The first kappa shape index (κ1) is 20.1. The van der Waals surface area contributed by atoms with Gasteiger partial charge < -0.3 is 14.6 Å². The third-order valence-electron chi connectivity index (χ3n) is 5.71. The molecule has 2 heterocycles. The van der Waals surface area contributed by atoms with Gasteiger partial charge >= 0.3 is 0 Å². The van der Waals surface area contributed by atoms with E-state index >= 15 is 0 Å². The molecule has 30 heavy (non-hydrogen) atoms. The number of carbonyl (C=O) groups is 2. The van der Waals surface area contributed by atoms with Crippen molar-refractivity contribution in [2.24, 2.45) is 5.16 Å². The van der Waals surface area contributed by atoms with Crippen molar-refractivity contribution in [1.29, 1.82) is 0 Å². The van der Waals surface area contributed by atoms with Crippen LogP contribution in [0.15, 0.2) is 65.8 Å². The minimum absolute atomic E-state index is 0.0791. The maximum Gasteiger partial charge on any atom is 0.271 e. The first-order valence-electron chi connectivity index (χ1n) is 10.6. The quantitative estimate of drug-likeness (QED) is 0.742. The highest BCUT2D eigenvalue weighted by atomic mass is 16.6. The average Bonchev–Trinajstić information content (AvgIpc) is 3.30. The first-order valence-corrected chi connectivity index (χ1v) is 10.6. The van der Waals surface area contributed by atoms with Crippen LogP contribution in [-0.4, -0.2) is 53.5 Å². The summed E-state index contributed by atoms with van der Waals surface area (Å²) in [7, 11) is 0. The molecule has 6 heteroatoms. The molecule has 0 bridgehead atoms. The molecule has 6 nitrogen and oxygen atoms in total. The molecule has 1 atom stereocenters. The summed E-state index contributed by atoms with van der Waals surface area (Å²) in [5, 5.41) is 4.04. The number of piperazine rings is 1. The van der Waals surface area contributed by atoms with Gasteiger partial charge in [0, 0.05) is 39.0 Å². The summed E-state index contributed by atoms with van der Waals surface area (Å²) in [6, 6.07) is 20.0. The van der Waals surface area contributed by atoms with Gasteiger partial charge in [-0.15, -0.1) is 0 Å². The van der Waals surface area contributed by atoms with Gasteiger partial charge in [0.1, 0.15) is 5.71 Å². The molecule has 0 aromatic heterocycles. The lowest BCUT2D eigenvalue weighted by Crippen LogP contribution is -2.52. The molecule has 0 aliphatic carbocycles. The van der Waals surface area contributed by atoms with Gasteiger partial charge in [-0.1, -0.05) is 65.8 Å². The topological polar surface area (TPSA) is 62.2 Å². The molecule has 2 aliphatic heterocycles. The van der Waals surface area contributed by atoms with E-state index in [1.807, 2.05) is 53.4 Å². The lowest BCUT2D eigenvalue weighted by Gasteiger charge is -2.34. The van der Waals surface area contributed by atoms with Crippen molar-refractivity contribution in [2.75, 3.05) is 26.2 Å². The standard InChI is InChI=1S/C24H27N3O3/c28-23(13-7-10-19-8-3-1-4-9-19)26-14-16-27(17-15-26)24(29)21-18-22(30-25-21)20-11-5-2-6-12-20/h1-6,8-9,11-12,22H,7,10,13-18H2. The Morgan fingerprint density at radius 1 is 0.900 bits per heavy atom. The second-order valence-electron chi connectivity index (χ2n) is 7.76. The van der Waals surface area contributed by atoms with Crippen molar-refractivity contribution in [3.8, 4) is 0 Å². The predicted molar refractivity (Wildman–Crippen MR) is 115 cm³/mol. The van der Waals surface area contributed by atoms with Gasteiger partial charge in [-0.25, -0.2) is 0 Å². The van der Waals surface area contributed by atoms with Crippen LogP contribution in [0, 0.1) is 0 Å². The van der Waals surface area contributed by atoms with E-state index in [1.54, 1.807) is 4.90 Å². The normalized spacial score (nSPS) is 18.7. The maximum absolute atomic E-state index is 12.8. The minimum Gasteiger partial charge on any atom is -0.387 e. The van der Waals surface area contributed by atoms with Crippen LogP contribution in [0.3, 0.4) is 0 Å². The van der Waals surface area contributed by atoms with E-state index < -0.39 is 0 Å². The Hall–Kier alpha value is -3.15. The molecule has 2 aliphatic rings. The van der Waals surface area contributed by atoms with Crippen molar-refractivity contribution in [1.82, 2.24) is 9.80 Å². The van der Waals surface area contributed by atoms with Crippen LogP contribution in [-0.2, 0) is 20.8 Å². The van der Waals surface area contributed by atoms with E-state index in [9.17, 15) is 9.59 Å². The van der Waals surface area contributed by atoms with Crippen molar-refractivity contribution in [3.05, 3.63) is 71.8 Å². The van der Waals surface area contributed by atoms with Crippen LogP contribution in [0.25, 0.3) is 0 Å². The highest BCUT2D eigenvalue weighted by Gasteiger charge is 2.32. The molecule has 4 rings (SSSR count). The Bertz CT molecular complexity index is 890. The Balaban J connectivity index is 1.20. The Morgan fingerprint density at radius 2 is 1.53 bits per heavy atom. The van der Waals surface area contributed by atoms with E-state index in [0.29, 0.717) is 44.7 Å². The summed E-state index contributed by atoms with van der Waals surface area (Å²) in [6.45, 7) is 2.23. The van der Waals surface area contributed by atoms with Crippen LogP contribution in [0.1, 0.15) is 36.5 Å². The second-order valence-corrected chi connectivity index (χ2v) is 7.76. The Labute approximate surface area is 177 Å². The number of oxime groups is 1. The molecule has 0 saturated carbocycles. The molecule has 2 aromatic rings. The zero-order valence-electron chi connectivity index (χ0n) is 17.1. The van der Waals surface area contributed by atoms with Crippen molar-refractivity contribution in [3.63, 3.8) is 0 Å². The van der Waals surface area contributed by atoms with Gasteiger partial charge in [-0.2, -0.15) is 0 Å². The summed E-state index contributed by atoms with van der Waals surface area (Å²) >= 11 is 0. The highest BCUT2D eigenvalue weighted by molar-refractivity contribution is 6.39. The molecule has 156 valence electrons. The highest BCUT2D eigenvalue weighted by Crippen LogP contribution is 2.27. The van der Waals surface area contributed by atoms with E-state index in [-0.39, 0.29) is 17.9 Å². The molecule has 2 amide bonds. The molecule has 0 radical (unpaired) electrons. The fourth-order valence-electron chi connectivity index (χ4n) is 3.94. The molecule has 0 N–H and O–H groups in total. The van der Waals surface area contributed by atoms with E-state index in [0.717, 1.165) is 18.4 Å². The van der Waals surface area contributed by atoms with Crippen molar-refractivity contribution in [2.45, 2.75) is 31.8 Å². The maximum atomic E-state index is 12.8. The zero-order chi connectivity index (χ0) is 20.8. The number of aryl methyl sites for hydroxylation is 1. The number of hydrogen-bond donors (Lipinski definition) is 0. The summed E-state index contributed by atoms with van der Waals surface area (Å²) in [4.78, 5) is 34.4. The van der Waals surface area contributed by atoms with E-state index in [1.165, 1.54) is 5.56 Å². The Kier molecular flexibility index (Phi) is 6.42. The second kappa shape index (κ2) is 9.57.